The summed E-state index contributed by atoms with van der Waals surface area (Å²) in [5, 5.41) is 8.76. The van der Waals surface area contributed by atoms with Gasteiger partial charge in [0.15, 0.2) is 0 Å². The number of aliphatic hydroxyl groups excluding tert-OH is 1. The minimum Gasteiger partial charge on any atom is -0.394 e. The molecule has 62 valence electrons. The van der Waals surface area contributed by atoms with Crippen molar-refractivity contribution in [2.75, 3.05) is 13.3 Å². The van der Waals surface area contributed by atoms with E-state index in [1.807, 2.05) is 6.92 Å². The molecule has 3 N–H and O–H groups in total. The van der Waals surface area contributed by atoms with E-state index in [2.05, 4.69) is 0 Å². The molecule has 0 saturated carbocycles. The summed E-state index contributed by atoms with van der Waals surface area (Å²) in [5.74, 6) is 0. The number of halogens is 1. The number of aliphatic hydroxyl groups is 1. The van der Waals surface area contributed by atoms with Crippen LogP contribution in [0.5, 0.6) is 0 Å². The summed E-state index contributed by atoms with van der Waals surface area (Å²) < 4.78 is 11.7. The van der Waals surface area contributed by atoms with Crippen molar-refractivity contribution in [1.82, 2.24) is 0 Å². The van der Waals surface area contributed by atoms with E-state index >= 15 is 0 Å². The zero-order chi connectivity index (χ0) is 8.04. The number of alkyl halides is 1. The summed E-state index contributed by atoms with van der Waals surface area (Å²) in [6, 6.07) is 0. The lowest BCUT2D eigenvalue weighted by Gasteiger charge is -2.24. The molecule has 0 amide bonds. The molecule has 0 aromatic rings. The number of rotatable bonds is 5. The van der Waals surface area contributed by atoms with Crippen molar-refractivity contribution in [2.24, 2.45) is 5.73 Å². The SMILES string of the molecule is CC[C@](N)(CO)CCCF. The largest absolute Gasteiger partial charge is 0.394 e. The molecule has 0 saturated heterocycles. The Bertz CT molecular complexity index is 83.7. The van der Waals surface area contributed by atoms with Gasteiger partial charge in [-0.1, -0.05) is 6.92 Å². The van der Waals surface area contributed by atoms with Crippen LogP contribution in [0.4, 0.5) is 4.39 Å². The first-order chi connectivity index (χ1) is 4.68. The zero-order valence-electron chi connectivity index (χ0n) is 6.44. The quantitative estimate of drug-likeness (QED) is 0.608. The monoisotopic (exact) mass is 149 g/mol. The van der Waals surface area contributed by atoms with Crippen LogP contribution in [0.15, 0.2) is 0 Å². The third-order valence-corrected chi connectivity index (χ3v) is 1.83. The van der Waals surface area contributed by atoms with Gasteiger partial charge >= 0.3 is 0 Å². The molecule has 0 aliphatic carbocycles. The maximum atomic E-state index is 11.7. The van der Waals surface area contributed by atoms with E-state index in [1.165, 1.54) is 0 Å². The molecule has 0 aromatic heterocycles. The lowest BCUT2D eigenvalue weighted by molar-refractivity contribution is 0.177. The average molecular weight is 149 g/mol. The van der Waals surface area contributed by atoms with Gasteiger partial charge in [0.05, 0.1) is 13.3 Å². The van der Waals surface area contributed by atoms with Crippen LogP contribution >= 0.6 is 0 Å². The van der Waals surface area contributed by atoms with Crippen molar-refractivity contribution < 1.29 is 9.50 Å². The van der Waals surface area contributed by atoms with Gasteiger partial charge in [-0.2, -0.15) is 0 Å². The predicted molar refractivity (Wildman–Crippen MR) is 39.5 cm³/mol. The maximum Gasteiger partial charge on any atom is 0.0895 e. The highest BCUT2D eigenvalue weighted by Gasteiger charge is 2.20. The van der Waals surface area contributed by atoms with Crippen molar-refractivity contribution in [1.29, 1.82) is 0 Å². The zero-order valence-corrected chi connectivity index (χ0v) is 6.44. The maximum absolute atomic E-state index is 11.7. The number of nitrogens with two attached hydrogens (primary N) is 1. The highest BCUT2D eigenvalue weighted by atomic mass is 19.1. The van der Waals surface area contributed by atoms with E-state index in [4.69, 9.17) is 10.8 Å². The topological polar surface area (TPSA) is 46.2 Å². The van der Waals surface area contributed by atoms with Crippen molar-refractivity contribution in [2.45, 2.75) is 31.7 Å². The van der Waals surface area contributed by atoms with Gasteiger partial charge in [-0.25, -0.2) is 0 Å². The molecule has 0 aromatic carbocycles. The summed E-state index contributed by atoms with van der Waals surface area (Å²) in [4.78, 5) is 0. The highest BCUT2D eigenvalue weighted by molar-refractivity contribution is 4.80. The van der Waals surface area contributed by atoms with E-state index < -0.39 is 5.54 Å². The second kappa shape index (κ2) is 4.63. The summed E-state index contributed by atoms with van der Waals surface area (Å²) in [5.41, 5.74) is 5.12. The smallest absolute Gasteiger partial charge is 0.0895 e. The molecule has 10 heavy (non-hydrogen) atoms. The first-order valence-electron chi connectivity index (χ1n) is 3.64. The van der Waals surface area contributed by atoms with Crippen molar-refractivity contribution in [3.05, 3.63) is 0 Å². The van der Waals surface area contributed by atoms with Gasteiger partial charge in [0.25, 0.3) is 0 Å². The molecule has 0 rings (SSSR count). The van der Waals surface area contributed by atoms with Gasteiger partial charge in [-0.05, 0) is 19.3 Å². The minimum absolute atomic E-state index is 0.0521. The first kappa shape index (κ1) is 9.85. The van der Waals surface area contributed by atoms with E-state index in [0.29, 0.717) is 19.3 Å². The molecule has 0 bridgehead atoms. The van der Waals surface area contributed by atoms with Gasteiger partial charge in [0.2, 0.25) is 0 Å². The molecular formula is C7H16FNO. The van der Waals surface area contributed by atoms with Gasteiger partial charge in [0, 0.05) is 5.54 Å². The molecule has 0 aliphatic heterocycles. The molecule has 3 heteroatoms. The molecule has 0 radical (unpaired) electrons. The van der Waals surface area contributed by atoms with Crippen molar-refractivity contribution in [3.63, 3.8) is 0 Å². The Labute approximate surface area is 61.2 Å². The molecule has 0 fully saturated rings. The van der Waals surface area contributed by atoms with Gasteiger partial charge in [-0.3, -0.25) is 4.39 Å². The molecule has 0 heterocycles. The van der Waals surface area contributed by atoms with E-state index in [9.17, 15) is 4.39 Å². The Morgan fingerprint density at radius 1 is 1.60 bits per heavy atom. The summed E-state index contributed by atoms with van der Waals surface area (Å²) in [6.45, 7) is 1.50. The van der Waals surface area contributed by atoms with Crippen LogP contribution in [-0.2, 0) is 0 Å². The van der Waals surface area contributed by atoms with Crippen LogP contribution in [-0.4, -0.2) is 23.9 Å². The Hall–Kier alpha value is -0.150. The standard InChI is InChI=1S/C7H16FNO/c1-2-7(9,6-10)4-3-5-8/h10H,2-6,9H2,1H3/t7-/m1/s1. The summed E-state index contributed by atoms with van der Waals surface area (Å²) >= 11 is 0. The Morgan fingerprint density at radius 3 is 2.50 bits per heavy atom. The second-order valence-corrected chi connectivity index (χ2v) is 2.67. The lowest BCUT2D eigenvalue weighted by atomic mass is 9.93. The Morgan fingerprint density at radius 2 is 2.20 bits per heavy atom. The van der Waals surface area contributed by atoms with E-state index in [1.54, 1.807) is 0 Å². The van der Waals surface area contributed by atoms with Crippen LogP contribution in [0.3, 0.4) is 0 Å². The average Bonchev–Trinajstić information content (AvgIpc) is 2.00. The summed E-state index contributed by atoms with van der Waals surface area (Å²) in [7, 11) is 0. The van der Waals surface area contributed by atoms with Crippen LogP contribution in [0.1, 0.15) is 26.2 Å². The van der Waals surface area contributed by atoms with Crippen molar-refractivity contribution >= 4 is 0 Å². The van der Waals surface area contributed by atoms with Gasteiger partial charge < -0.3 is 10.8 Å². The number of hydrogen-bond donors (Lipinski definition) is 2. The second-order valence-electron chi connectivity index (χ2n) is 2.67. The Balaban J connectivity index is 3.58. The molecular weight excluding hydrogens is 133 g/mol. The molecule has 0 unspecified atom stereocenters. The van der Waals surface area contributed by atoms with Crippen molar-refractivity contribution in [3.8, 4) is 0 Å². The minimum atomic E-state index is -0.550. The summed E-state index contributed by atoms with van der Waals surface area (Å²) in [6.07, 6.45) is 1.71. The Kier molecular flexibility index (Phi) is 4.56. The molecule has 0 spiro atoms. The molecule has 1 atom stereocenters. The van der Waals surface area contributed by atoms with Crippen LogP contribution in [0.2, 0.25) is 0 Å². The van der Waals surface area contributed by atoms with E-state index in [-0.39, 0.29) is 13.3 Å². The van der Waals surface area contributed by atoms with Crippen LogP contribution < -0.4 is 5.73 Å². The fourth-order valence-electron chi connectivity index (χ4n) is 0.787. The fraction of sp³-hybridized carbons (Fsp3) is 1.00. The predicted octanol–water partition coefficient (Wildman–Crippen LogP) is 0.836. The van der Waals surface area contributed by atoms with Crippen LogP contribution in [0.25, 0.3) is 0 Å². The molecule has 2 nitrogen and oxygen atoms in total. The fourth-order valence-corrected chi connectivity index (χ4v) is 0.787. The molecule has 0 aliphatic rings. The number of hydrogen-bond acceptors (Lipinski definition) is 2. The highest BCUT2D eigenvalue weighted by Crippen LogP contribution is 2.12. The van der Waals surface area contributed by atoms with Crippen LogP contribution in [0, 0.1) is 0 Å². The van der Waals surface area contributed by atoms with Gasteiger partial charge in [0.1, 0.15) is 0 Å². The third-order valence-electron chi connectivity index (χ3n) is 1.83. The lowest BCUT2D eigenvalue weighted by Crippen LogP contribution is -2.42. The van der Waals surface area contributed by atoms with E-state index in [0.717, 1.165) is 0 Å². The third kappa shape index (κ3) is 3.13. The van der Waals surface area contributed by atoms with Gasteiger partial charge in [-0.15, -0.1) is 0 Å². The normalized spacial score (nSPS) is 16.8. The first-order valence-corrected chi connectivity index (χ1v) is 3.64.